The zero-order chi connectivity index (χ0) is 15.4. The molecule has 0 radical (unpaired) electrons. The third kappa shape index (κ3) is 3.86. The fraction of sp³-hybridized carbons (Fsp3) is 0.333. The molecule has 2 atom stereocenters. The molecule has 3 N–H and O–H groups in total. The van der Waals surface area contributed by atoms with Crippen LogP contribution >= 0.6 is 15.9 Å². The number of halogens is 1. The van der Waals surface area contributed by atoms with Gasteiger partial charge in [-0.2, -0.15) is 0 Å². The summed E-state index contributed by atoms with van der Waals surface area (Å²) in [6, 6.07) is 15.1. The van der Waals surface area contributed by atoms with Gasteiger partial charge in [-0.3, -0.25) is 0 Å². The SMILES string of the molecule is Cc1cc(NC(CN)C(C)c2ccccc2)cc(C)c1Br. The molecule has 0 spiro atoms. The summed E-state index contributed by atoms with van der Waals surface area (Å²) in [4.78, 5) is 0. The van der Waals surface area contributed by atoms with Crippen LogP contribution in [0.1, 0.15) is 29.5 Å². The molecule has 2 aromatic rings. The van der Waals surface area contributed by atoms with Crippen molar-refractivity contribution in [2.75, 3.05) is 11.9 Å². The van der Waals surface area contributed by atoms with Crippen molar-refractivity contribution in [2.45, 2.75) is 32.7 Å². The first-order valence-electron chi connectivity index (χ1n) is 7.31. The Kier molecular flexibility index (Phi) is 5.43. The van der Waals surface area contributed by atoms with Crippen molar-refractivity contribution in [1.82, 2.24) is 0 Å². The van der Waals surface area contributed by atoms with E-state index in [0.29, 0.717) is 12.5 Å². The molecule has 2 rings (SSSR count). The summed E-state index contributed by atoms with van der Waals surface area (Å²) < 4.78 is 1.17. The molecule has 0 fully saturated rings. The maximum Gasteiger partial charge on any atom is 0.0449 e. The number of hydrogen-bond donors (Lipinski definition) is 2. The molecule has 0 aliphatic rings. The van der Waals surface area contributed by atoms with Gasteiger partial charge in [0.1, 0.15) is 0 Å². The molecule has 2 aromatic carbocycles. The first kappa shape index (κ1) is 16.1. The van der Waals surface area contributed by atoms with E-state index in [1.807, 2.05) is 6.07 Å². The maximum absolute atomic E-state index is 5.99. The summed E-state index contributed by atoms with van der Waals surface area (Å²) >= 11 is 3.61. The Balaban J connectivity index is 2.20. The second kappa shape index (κ2) is 7.10. The van der Waals surface area contributed by atoms with E-state index in [1.54, 1.807) is 0 Å². The van der Waals surface area contributed by atoms with Crippen LogP contribution in [-0.2, 0) is 0 Å². The highest BCUT2D eigenvalue weighted by molar-refractivity contribution is 9.10. The van der Waals surface area contributed by atoms with Crippen molar-refractivity contribution in [3.63, 3.8) is 0 Å². The predicted octanol–water partition coefficient (Wildman–Crippen LogP) is 4.61. The van der Waals surface area contributed by atoms with Gasteiger partial charge in [-0.25, -0.2) is 0 Å². The molecule has 0 amide bonds. The zero-order valence-electron chi connectivity index (χ0n) is 12.9. The van der Waals surface area contributed by atoms with Crippen molar-refractivity contribution in [1.29, 1.82) is 0 Å². The van der Waals surface area contributed by atoms with Gasteiger partial charge in [-0.05, 0) is 42.7 Å². The average molecular weight is 347 g/mol. The zero-order valence-corrected chi connectivity index (χ0v) is 14.4. The Morgan fingerprint density at radius 1 is 1.10 bits per heavy atom. The third-order valence-electron chi connectivity index (χ3n) is 3.97. The predicted molar refractivity (Wildman–Crippen MR) is 94.9 cm³/mol. The molecule has 0 aliphatic carbocycles. The molecule has 2 nitrogen and oxygen atoms in total. The molecule has 0 heterocycles. The van der Waals surface area contributed by atoms with Gasteiger partial charge in [0.2, 0.25) is 0 Å². The van der Waals surface area contributed by atoms with Gasteiger partial charge in [0.05, 0.1) is 0 Å². The van der Waals surface area contributed by atoms with Gasteiger partial charge in [-0.1, -0.05) is 53.2 Å². The summed E-state index contributed by atoms with van der Waals surface area (Å²) in [5, 5.41) is 3.59. The first-order valence-corrected chi connectivity index (χ1v) is 8.10. The summed E-state index contributed by atoms with van der Waals surface area (Å²) in [6.07, 6.45) is 0. The highest BCUT2D eigenvalue weighted by Crippen LogP contribution is 2.27. The fourth-order valence-corrected chi connectivity index (χ4v) is 2.85. The lowest BCUT2D eigenvalue weighted by molar-refractivity contribution is 0.611. The van der Waals surface area contributed by atoms with Crippen LogP contribution in [0.25, 0.3) is 0 Å². The van der Waals surface area contributed by atoms with Crippen LogP contribution in [0.15, 0.2) is 46.9 Å². The number of anilines is 1. The van der Waals surface area contributed by atoms with E-state index in [0.717, 1.165) is 5.69 Å². The monoisotopic (exact) mass is 346 g/mol. The molecule has 21 heavy (non-hydrogen) atoms. The van der Waals surface area contributed by atoms with Crippen LogP contribution in [0.5, 0.6) is 0 Å². The van der Waals surface area contributed by atoms with Crippen LogP contribution in [0.2, 0.25) is 0 Å². The first-order chi connectivity index (χ1) is 10.0. The Bertz CT molecular complexity index is 572. The van der Waals surface area contributed by atoms with E-state index in [1.165, 1.54) is 21.2 Å². The number of aryl methyl sites for hydroxylation is 2. The van der Waals surface area contributed by atoms with Gasteiger partial charge < -0.3 is 11.1 Å². The normalized spacial score (nSPS) is 13.8. The lowest BCUT2D eigenvalue weighted by atomic mass is 9.93. The number of nitrogens with one attached hydrogen (secondary N) is 1. The molecular weight excluding hydrogens is 324 g/mol. The van der Waals surface area contributed by atoms with Gasteiger partial charge in [0.25, 0.3) is 0 Å². The average Bonchev–Trinajstić information content (AvgIpc) is 2.50. The quantitative estimate of drug-likeness (QED) is 0.829. The number of benzene rings is 2. The van der Waals surface area contributed by atoms with Crippen LogP contribution in [0.3, 0.4) is 0 Å². The summed E-state index contributed by atoms with van der Waals surface area (Å²) in [7, 11) is 0. The van der Waals surface area contributed by atoms with Crippen molar-refractivity contribution in [3.8, 4) is 0 Å². The topological polar surface area (TPSA) is 38.0 Å². The van der Waals surface area contributed by atoms with Crippen molar-refractivity contribution >= 4 is 21.6 Å². The van der Waals surface area contributed by atoms with Gasteiger partial charge in [0.15, 0.2) is 0 Å². The van der Waals surface area contributed by atoms with E-state index >= 15 is 0 Å². The Hall–Kier alpha value is -1.32. The molecule has 3 heteroatoms. The van der Waals surface area contributed by atoms with Crippen molar-refractivity contribution in [2.24, 2.45) is 5.73 Å². The molecule has 0 aromatic heterocycles. The Morgan fingerprint density at radius 2 is 1.67 bits per heavy atom. The number of rotatable bonds is 5. The number of hydrogen-bond acceptors (Lipinski definition) is 2. The van der Waals surface area contributed by atoms with Gasteiger partial charge >= 0.3 is 0 Å². The standard InChI is InChI=1S/C18H23BrN2/c1-12-9-16(10-13(2)18(12)19)21-17(11-20)14(3)15-7-5-4-6-8-15/h4-10,14,17,21H,11,20H2,1-3H3. The third-order valence-corrected chi connectivity index (χ3v) is 5.22. The molecule has 0 bridgehead atoms. The largest absolute Gasteiger partial charge is 0.380 e. The minimum Gasteiger partial charge on any atom is -0.380 e. The minimum atomic E-state index is 0.215. The van der Waals surface area contributed by atoms with E-state index in [9.17, 15) is 0 Å². The smallest absolute Gasteiger partial charge is 0.0449 e. The van der Waals surface area contributed by atoms with Crippen LogP contribution in [-0.4, -0.2) is 12.6 Å². The minimum absolute atomic E-state index is 0.215. The second-order valence-corrected chi connectivity index (χ2v) is 6.40. The van der Waals surface area contributed by atoms with E-state index in [-0.39, 0.29) is 6.04 Å². The van der Waals surface area contributed by atoms with Gasteiger partial charge in [0, 0.05) is 28.7 Å². The lowest BCUT2D eigenvalue weighted by Gasteiger charge is -2.26. The van der Waals surface area contributed by atoms with Crippen LogP contribution in [0.4, 0.5) is 5.69 Å². The Morgan fingerprint density at radius 3 is 2.19 bits per heavy atom. The molecule has 0 saturated heterocycles. The Labute approximate surface area is 135 Å². The van der Waals surface area contributed by atoms with E-state index in [4.69, 9.17) is 5.73 Å². The van der Waals surface area contributed by atoms with Crippen LogP contribution < -0.4 is 11.1 Å². The van der Waals surface area contributed by atoms with Crippen molar-refractivity contribution < 1.29 is 0 Å². The van der Waals surface area contributed by atoms with Crippen LogP contribution in [0, 0.1) is 13.8 Å². The highest BCUT2D eigenvalue weighted by atomic mass is 79.9. The summed E-state index contributed by atoms with van der Waals surface area (Å²) in [6.45, 7) is 7.04. The maximum atomic E-state index is 5.99. The summed E-state index contributed by atoms with van der Waals surface area (Å²) in [5.41, 5.74) is 10.9. The van der Waals surface area contributed by atoms with E-state index in [2.05, 4.69) is 78.4 Å². The molecule has 2 unspecified atom stereocenters. The highest BCUT2D eigenvalue weighted by Gasteiger charge is 2.17. The number of nitrogens with two attached hydrogens (primary N) is 1. The summed E-state index contributed by atoms with van der Waals surface area (Å²) in [5.74, 6) is 0.362. The van der Waals surface area contributed by atoms with E-state index < -0.39 is 0 Å². The molecule has 0 saturated carbocycles. The lowest BCUT2D eigenvalue weighted by Crippen LogP contribution is -2.33. The van der Waals surface area contributed by atoms with Gasteiger partial charge in [-0.15, -0.1) is 0 Å². The molecule has 0 aliphatic heterocycles. The molecule has 112 valence electrons. The molecular formula is C18H23BrN2. The second-order valence-electron chi connectivity index (χ2n) is 5.61. The fourth-order valence-electron chi connectivity index (χ4n) is 2.62. The van der Waals surface area contributed by atoms with Crippen molar-refractivity contribution in [3.05, 3.63) is 63.6 Å².